The Kier molecular flexibility index (Phi) is 4.83. The van der Waals surface area contributed by atoms with E-state index >= 15 is 0 Å². The minimum absolute atomic E-state index is 0.0680. The highest BCUT2D eigenvalue weighted by molar-refractivity contribution is 5.68. The van der Waals surface area contributed by atoms with Gasteiger partial charge in [-0.1, -0.05) is 0 Å². The maximum Gasteiger partial charge on any atom is 0.420 e. The van der Waals surface area contributed by atoms with Crippen molar-refractivity contribution >= 4 is 5.97 Å². The van der Waals surface area contributed by atoms with Gasteiger partial charge in [0.2, 0.25) is 0 Å². The molecule has 1 unspecified atom stereocenters. The molecule has 0 heterocycles. The van der Waals surface area contributed by atoms with Crippen LogP contribution in [0.25, 0.3) is 0 Å². The second-order valence-electron chi connectivity index (χ2n) is 4.00. The number of benzene rings is 1. The lowest BCUT2D eigenvalue weighted by atomic mass is 9.99. The van der Waals surface area contributed by atoms with E-state index in [0.29, 0.717) is 0 Å². The summed E-state index contributed by atoms with van der Waals surface area (Å²) in [7, 11) is 2.27. The number of aliphatic carboxylic acids is 1. The summed E-state index contributed by atoms with van der Waals surface area (Å²) in [5.41, 5.74) is 4.50. The molecule has 0 aromatic heterocycles. The Morgan fingerprint density at radius 3 is 2.35 bits per heavy atom. The number of hydrogen-bond donors (Lipinski definition) is 2. The van der Waals surface area contributed by atoms with Crippen molar-refractivity contribution in [1.82, 2.24) is 0 Å². The first-order valence-corrected chi connectivity index (χ1v) is 5.51. The quantitative estimate of drug-likeness (QED) is 0.869. The van der Waals surface area contributed by atoms with Gasteiger partial charge in [0.1, 0.15) is 17.1 Å². The molecule has 0 aliphatic carbocycles. The van der Waals surface area contributed by atoms with E-state index in [2.05, 4.69) is 0 Å². The molecule has 1 rings (SSSR count). The van der Waals surface area contributed by atoms with Gasteiger partial charge in [-0.25, -0.2) is 0 Å². The van der Waals surface area contributed by atoms with Gasteiger partial charge in [-0.3, -0.25) is 4.79 Å². The lowest BCUT2D eigenvalue weighted by Gasteiger charge is -2.20. The Labute approximate surface area is 113 Å². The van der Waals surface area contributed by atoms with Crippen LogP contribution in [0, 0.1) is 0 Å². The number of ether oxygens (including phenoxy) is 2. The largest absolute Gasteiger partial charge is 0.497 e. The smallest absolute Gasteiger partial charge is 0.420 e. The fourth-order valence-electron chi connectivity index (χ4n) is 1.75. The molecule has 1 aromatic rings. The van der Waals surface area contributed by atoms with Crippen molar-refractivity contribution in [2.45, 2.75) is 18.6 Å². The molecule has 0 spiro atoms. The molecule has 1 atom stereocenters. The topological polar surface area (TPSA) is 81.8 Å². The van der Waals surface area contributed by atoms with Crippen LogP contribution in [0.3, 0.4) is 0 Å². The summed E-state index contributed by atoms with van der Waals surface area (Å²) in [6.45, 7) is 0. The van der Waals surface area contributed by atoms with E-state index < -0.39 is 35.9 Å². The number of alkyl halides is 3. The van der Waals surface area contributed by atoms with E-state index in [0.717, 1.165) is 13.2 Å². The third-order valence-corrected chi connectivity index (χ3v) is 2.63. The van der Waals surface area contributed by atoms with Crippen LogP contribution in [-0.4, -0.2) is 25.3 Å². The molecule has 8 heteroatoms. The monoisotopic (exact) mass is 293 g/mol. The van der Waals surface area contributed by atoms with E-state index in [1.807, 2.05) is 0 Å². The molecule has 20 heavy (non-hydrogen) atoms. The molecule has 0 radical (unpaired) electrons. The minimum Gasteiger partial charge on any atom is -0.497 e. The summed E-state index contributed by atoms with van der Waals surface area (Å²) >= 11 is 0. The predicted octanol–water partition coefficient (Wildman–Crippen LogP) is 2.20. The van der Waals surface area contributed by atoms with Crippen LogP contribution in [0.15, 0.2) is 12.1 Å². The summed E-state index contributed by atoms with van der Waals surface area (Å²) in [5, 5.41) is 8.69. The first-order valence-electron chi connectivity index (χ1n) is 5.51. The summed E-state index contributed by atoms with van der Waals surface area (Å²) < 4.78 is 48.4. The van der Waals surface area contributed by atoms with E-state index in [1.54, 1.807) is 0 Å². The number of hydrogen-bond acceptors (Lipinski definition) is 4. The number of nitrogens with two attached hydrogens (primary N) is 1. The zero-order valence-electron chi connectivity index (χ0n) is 10.8. The molecule has 0 saturated heterocycles. The van der Waals surface area contributed by atoms with Gasteiger partial charge >= 0.3 is 12.1 Å². The average Bonchev–Trinajstić information content (AvgIpc) is 2.35. The molecule has 5 nitrogen and oxygen atoms in total. The van der Waals surface area contributed by atoms with Gasteiger partial charge in [-0.05, 0) is 12.1 Å². The molecule has 0 saturated carbocycles. The number of methoxy groups -OCH3 is 2. The Bertz CT molecular complexity index is 502. The second-order valence-corrected chi connectivity index (χ2v) is 4.00. The van der Waals surface area contributed by atoms with E-state index in [4.69, 9.17) is 20.3 Å². The number of carboxylic acids is 1. The fraction of sp³-hybridized carbons (Fsp3) is 0.417. The van der Waals surface area contributed by atoms with Gasteiger partial charge in [0, 0.05) is 11.6 Å². The SMILES string of the molecule is COc1cc(C(N)CC(=O)O)c(OC)c(C(F)(F)F)c1. The van der Waals surface area contributed by atoms with E-state index in [9.17, 15) is 18.0 Å². The van der Waals surface area contributed by atoms with Crippen molar-refractivity contribution in [3.05, 3.63) is 23.3 Å². The van der Waals surface area contributed by atoms with Gasteiger partial charge in [-0.2, -0.15) is 13.2 Å². The maximum absolute atomic E-state index is 13.0. The number of rotatable bonds is 5. The van der Waals surface area contributed by atoms with Crippen molar-refractivity contribution in [1.29, 1.82) is 0 Å². The third-order valence-electron chi connectivity index (χ3n) is 2.63. The Morgan fingerprint density at radius 1 is 1.35 bits per heavy atom. The van der Waals surface area contributed by atoms with E-state index in [-0.39, 0.29) is 11.3 Å². The summed E-state index contributed by atoms with van der Waals surface area (Å²) in [5.74, 6) is -1.79. The first kappa shape index (κ1) is 16.1. The van der Waals surface area contributed by atoms with Crippen LogP contribution >= 0.6 is 0 Å². The zero-order valence-corrected chi connectivity index (χ0v) is 10.8. The van der Waals surface area contributed by atoms with Gasteiger partial charge in [0.05, 0.1) is 20.6 Å². The standard InChI is InChI=1S/C12H14F3NO4/c1-19-6-3-7(9(16)5-10(17)18)11(20-2)8(4-6)12(13,14)15/h3-4,9H,5,16H2,1-2H3,(H,17,18). The highest BCUT2D eigenvalue weighted by Crippen LogP contribution is 2.42. The van der Waals surface area contributed by atoms with Crippen LogP contribution in [0.1, 0.15) is 23.6 Å². The summed E-state index contributed by atoms with van der Waals surface area (Å²) in [4.78, 5) is 10.6. The number of carbonyl (C=O) groups is 1. The van der Waals surface area contributed by atoms with Gasteiger partial charge < -0.3 is 20.3 Å². The second kappa shape index (κ2) is 6.00. The molecule has 0 amide bonds. The summed E-state index contributed by atoms with van der Waals surface area (Å²) in [6, 6.07) is 0.871. The van der Waals surface area contributed by atoms with Crippen LogP contribution in [0.5, 0.6) is 11.5 Å². The Balaban J connectivity index is 3.45. The third kappa shape index (κ3) is 3.53. The van der Waals surface area contributed by atoms with Gasteiger partial charge in [0.25, 0.3) is 0 Å². The molecule has 0 aliphatic heterocycles. The molecule has 0 aliphatic rings. The zero-order chi connectivity index (χ0) is 15.5. The van der Waals surface area contributed by atoms with Crippen molar-refractivity contribution in [3.63, 3.8) is 0 Å². The molecular weight excluding hydrogens is 279 g/mol. The lowest BCUT2D eigenvalue weighted by molar-refractivity contribution is -0.139. The Hall–Kier alpha value is -1.96. The number of carboxylic acid groups (broad SMARTS) is 1. The fourth-order valence-corrected chi connectivity index (χ4v) is 1.75. The highest BCUT2D eigenvalue weighted by Gasteiger charge is 2.37. The maximum atomic E-state index is 13.0. The van der Waals surface area contributed by atoms with Crippen molar-refractivity contribution in [3.8, 4) is 11.5 Å². The molecule has 112 valence electrons. The molecule has 1 aromatic carbocycles. The minimum atomic E-state index is -4.67. The molecular formula is C12H14F3NO4. The average molecular weight is 293 g/mol. The number of halogens is 3. The van der Waals surface area contributed by atoms with Crippen molar-refractivity contribution in [2.24, 2.45) is 5.73 Å². The molecule has 0 bridgehead atoms. The molecule has 3 N–H and O–H groups in total. The van der Waals surface area contributed by atoms with Gasteiger partial charge in [-0.15, -0.1) is 0 Å². The highest BCUT2D eigenvalue weighted by atomic mass is 19.4. The predicted molar refractivity (Wildman–Crippen MR) is 63.7 cm³/mol. The summed E-state index contributed by atoms with van der Waals surface area (Å²) in [6.07, 6.45) is -5.20. The first-order chi connectivity index (χ1) is 9.20. The van der Waals surface area contributed by atoms with Crippen LogP contribution in [-0.2, 0) is 11.0 Å². The van der Waals surface area contributed by atoms with Crippen LogP contribution < -0.4 is 15.2 Å². The normalized spacial score (nSPS) is 12.9. The lowest BCUT2D eigenvalue weighted by Crippen LogP contribution is -2.18. The van der Waals surface area contributed by atoms with Crippen molar-refractivity contribution < 1.29 is 32.5 Å². The van der Waals surface area contributed by atoms with Gasteiger partial charge in [0.15, 0.2) is 0 Å². The van der Waals surface area contributed by atoms with Crippen LogP contribution in [0.2, 0.25) is 0 Å². The van der Waals surface area contributed by atoms with E-state index in [1.165, 1.54) is 13.2 Å². The Morgan fingerprint density at radius 2 is 1.95 bits per heavy atom. The van der Waals surface area contributed by atoms with Crippen LogP contribution in [0.4, 0.5) is 13.2 Å². The van der Waals surface area contributed by atoms with Crippen molar-refractivity contribution in [2.75, 3.05) is 14.2 Å². The molecule has 0 fully saturated rings.